The maximum atomic E-state index is 12.6. The van der Waals surface area contributed by atoms with Crippen LogP contribution in [0.3, 0.4) is 0 Å². The molecule has 8 heteroatoms. The van der Waals surface area contributed by atoms with Crippen LogP contribution in [0.25, 0.3) is 0 Å². The summed E-state index contributed by atoms with van der Waals surface area (Å²) in [6.45, 7) is 0.317. The van der Waals surface area contributed by atoms with E-state index in [2.05, 4.69) is 20.5 Å². The summed E-state index contributed by atoms with van der Waals surface area (Å²) in [5, 5.41) is 2.89. The number of anilines is 1. The average Bonchev–Trinajstić information content (AvgIpc) is 3.19. The topological polar surface area (TPSA) is 90.9 Å². The number of nitrogens with one attached hydrogen (secondary N) is 2. The van der Waals surface area contributed by atoms with Gasteiger partial charge in [0.1, 0.15) is 9.92 Å². The van der Waals surface area contributed by atoms with Gasteiger partial charge < -0.3 is 10.2 Å². The lowest BCUT2D eigenvalue weighted by atomic mass is 9.99. The first kappa shape index (κ1) is 16.4. The van der Waals surface area contributed by atoms with Gasteiger partial charge in [0, 0.05) is 19.3 Å². The largest absolute Gasteiger partial charge is 0.354 e. The predicted octanol–water partition coefficient (Wildman–Crippen LogP) is 2.23. The van der Waals surface area contributed by atoms with Crippen LogP contribution in [-0.4, -0.2) is 40.5 Å². The number of amides is 4. The van der Waals surface area contributed by atoms with Gasteiger partial charge in [0.2, 0.25) is 0 Å². The minimum atomic E-state index is -3.05. The molecule has 1 unspecified atom stereocenters. The average molecular weight is 362 g/mol. The summed E-state index contributed by atoms with van der Waals surface area (Å²) in [4.78, 5) is 25.6. The predicted molar refractivity (Wildman–Crippen MR) is 96.1 cm³/mol. The molecule has 0 bridgehead atoms. The fourth-order valence-corrected chi connectivity index (χ4v) is 5.43. The molecule has 0 radical (unpaired) electrons. The van der Waals surface area contributed by atoms with Crippen molar-refractivity contribution in [2.45, 2.75) is 38.5 Å². The number of urea groups is 2. The highest BCUT2D eigenvalue weighted by Gasteiger charge is 2.27. The monoisotopic (exact) mass is 362 g/mol. The molecule has 134 valence electrons. The third-order valence-electron chi connectivity index (χ3n) is 5.23. The quantitative estimate of drug-likeness (QED) is 0.803. The smallest absolute Gasteiger partial charge is 0.326 e. The second-order valence-electron chi connectivity index (χ2n) is 6.93. The molecule has 1 fully saturated rings. The highest BCUT2D eigenvalue weighted by Crippen LogP contribution is 2.38. The first-order valence-electron chi connectivity index (χ1n) is 8.70. The zero-order valence-corrected chi connectivity index (χ0v) is 15.1. The number of carbonyl (C=O) groups excluding carboxylic acids is 2. The van der Waals surface area contributed by atoms with Crippen molar-refractivity contribution >= 4 is 27.7 Å². The molecule has 1 aromatic carbocycles. The first-order chi connectivity index (χ1) is 12.0. The zero-order chi connectivity index (χ0) is 17.6. The number of fused-ring (bicyclic) bond motifs is 2. The molecule has 2 N–H and O–H groups in total. The SMILES string of the molecule is CN1CCS(=O)(=NC(=O)Nc2c3c(cc4c2CCC4)CCC3)NC1=O. The normalized spacial score (nSPS) is 24.5. The summed E-state index contributed by atoms with van der Waals surface area (Å²) in [5.41, 5.74) is 5.90. The van der Waals surface area contributed by atoms with Crippen molar-refractivity contribution in [1.82, 2.24) is 9.62 Å². The molecule has 1 aromatic rings. The second kappa shape index (κ2) is 6.01. The molecule has 1 saturated heterocycles. The van der Waals surface area contributed by atoms with Gasteiger partial charge in [-0.3, -0.25) is 0 Å². The molecular weight excluding hydrogens is 340 g/mol. The molecule has 1 aliphatic heterocycles. The first-order valence-corrected chi connectivity index (χ1v) is 10.4. The lowest BCUT2D eigenvalue weighted by Gasteiger charge is -2.25. The molecule has 1 heterocycles. The van der Waals surface area contributed by atoms with Crippen molar-refractivity contribution < 1.29 is 13.8 Å². The Morgan fingerprint density at radius 3 is 2.44 bits per heavy atom. The van der Waals surface area contributed by atoms with Crippen molar-refractivity contribution in [2.75, 3.05) is 24.7 Å². The van der Waals surface area contributed by atoms with E-state index in [1.807, 2.05) is 0 Å². The van der Waals surface area contributed by atoms with Crippen LogP contribution in [0.4, 0.5) is 15.3 Å². The Hall–Kier alpha value is -2.09. The van der Waals surface area contributed by atoms with Crippen molar-refractivity contribution in [3.8, 4) is 0 Å². The summed E-state index contributed by atoms with van der Waals surface area (Å²) >= 11 is 0. The molecule has 0 spiro atoms. The van der Waals surface area contributed by atoms with Crippen LogP contribution in [0.2, 0.25) is 0 Å². The fraction of sp³-hybridized carbons (Fsp3) is 0.529. The number of nitrogens with zero attached hydrogens (tertiary/aromatic N) is 2. The lowest BCUT2D eigenvalue weighted by molar-refractivity contribution is 0.215. The summed E-state index contributed by atoms with van der Waals surface area (Å²) in [6, 6.07) is 1.19. The molecule has 3 aliphatic rings. The highest BCUT2D eigenvalue weighted by atomic mass is 32.2. The molecule has 4 amide bonds. The summed E-state index contributed by atoms with van der Waals surface area (Å²) in [6.07, 6.45) is 6.18. The number of hydrogen-bond donors (Lipinski definition) is 2. The van der Waals surface area contributed by atoms with E-state index in [0.29, 0.717) is 6.54 Å². The molecule has 2 aliphatic carbocycles. The maximum absolute atomic E-state index is 12.6. The van der Waals surface area contributed by atoms with Gasteiger partial charge in [0.25, 0.3) is 0 Å². The summed E-state index contributed by atoms with van der Waals surface area (Å²) < 4.78 is 18.8. The van der Waals surface area contributed by atoms with Gasteiger partial charge in [-0.1, -0.05) is 6.07 Å². The third-order valence-corrected chi connectivity index (χ3v) is 6.92. The van der Waals surface area contributed by atoms with E-state index >= 15 is 0 Å². The Balaban J connectivity index is 1.63. The van der Waals surface area contributed by atoms with Crippen molar-refractivity contribution in [2.24, 2.45) is 4.36 Å². The van der Waals surface area contributed by atoms with E-state index in [4.69, 9.17) is 0 Å². The van der Waals surface area contributed by atoms with Gasteiger partial charge in [-0.25, -0.2) is 18.5 Å². The molecule has 0 aromatic heterocycles. The van der Waals surface area contributed by atoms with E-state index < -0.39 is 22.0 Å². The van der Waals surface area contributed by atoms with Gasteiger partial charge in [-0.05, 0) is 60.8 Å². The molecule has 7 nitrogen and oxygen atoms in total. The number of rotatable bonds is 1. The Kier molecular flexibility index (Phi) is 3.94. The molecule has 25 heavy (non-hydrogen) atoms. The number of aryl methyl sites for hydroxylation is 2. The lowest BCUT2D eigenvalue weighted by Crippen LogP contribution is -2.50. The van der Waals surface area contributed by atoms with Gasteiger partial charge >= 0.3 is 12.1 Å². The van der Waals surface area contributed by atoms with Crippen molar-refractivity contribution in [1.29, 1.82) is 0 Å². The standard InChI is InChI=1S/C17H22N4O3S/c1-21-8-9-25(24,20-17(21)23)19-16(22)18-15-13-6-2-4-11(13)10-12-5-3-7-14(12)15/h10H,2-9H2,1H3,(H2,18,19,20,22,23,24). The van der Waals surface area contributed by atoms with E-state index in [1.165, 1.54) is 27.2 Å². The summed E-state index contributed by atoms with van der Waals surface area (Å²) in [5.74, 6) is 0.146. The van der Waals surface area contributed by atoms with Crippen LogP contribution in [0.15, 0.2) is 10.4 Å². The minimum absolute atomic E-state index is 0.146. The number of hydrogen-bond acceptors (Lipinski definition) is 3. The number of carbonyl (C=O) groups is 2. The molecule has 0 saturated carbocycles. The van der Waals surface area contributed by atoms with Gasteiger partial charge in [-0.15, -0.1) is 4.36 Å². The van der Waals surface area contributed by atoms with Crippen molar-refractivity contribution in [3.63, 3.8) is 0 Å². The zero-order valence-electron chi connectivity index (χ0n) is 14.3. The highest BCUT2D eigenvalue weighted by molar-refractivity contribution is 7.92. The maximum Gasteiger partial charge on any atom is 0.354 e. The van der Waals surface area contributed by atoms with E-state index in [0.717, 1.165) is 44.2 Å². The van der Waals surface area contributed by atoms with E-state index in [1.54, 1.807) is 7.05 Å². The molecule has 1 atom stereocenters. The van der Waals surface area contributed by atoms with Gasteiger partial charge in [-0.2, -0.15) is 0 Å². The Morgan fingerprint density at radius 1 is 1.20 bits per heavy atom. The van der Waals surface area contributed by atoms with Crippen molar-refractivity contribution in [3.05, 3.63) is 28.3 Å². The second-order valence-corrected chi connectivity index (χ2v) is 9.00. The Morgan fingerprint density at radius 2 is 1.84 bits per heavy atom. The Bertz CT molecular complexity index is 854. The van der Waals surface area contributed by atoms with Gasteiger partial charge in [0.05, 0.1) is 5.75 Å². The minimum Gasteiger partial charge on any atom is -0.326 e. The molecular formula is C17H22N4O3S. The van der Waals surface area contributed by atoms with E-state index in [9.17, 15) is 13.8 Å². The Labute approximate surface area is 147 Å². The van der Waals surface area contributed by atoms with Crippen LogP contribution in [-0.2, 0) is 35.6 Å². The van der Waals surface area contributed by atoms with Gasteiger partial charge in [0.15, 0.2) is 0 Å². The summed E-state index contributed by atoms with van der Waals surface area (Å²) in [7, 11) is -1.43. The van der Waals surface area contributed by atoms with E-state index in [-0.39, 0.29) is 5.75 Å². The van der Waals surface area contributed by atoms with Crippen LogP contribution < -0.4 is 10.0 Å². The number of benzene rings is 1. The van der Waals surface area contributed by atoms with Crippen LogP contribution in [0.1, 0.15) is 35.1 Å². The fourth-order valence-electron chi connectivity index (χ4n) is 3.93. The van der Waals surface area contributed by atoms with Crippen LogP contribution >= 0.6 is 0 Å². The third kappa shape index (κ3) is 2.99. The van der Waals surface area contributed by atoms with Crippen LogP contribution in [0, 0.1) is 0 Å². The van der Waals surface area contributed by atoms with Crippen LogP contribution in [0.5, 0.6) is 0 Å². The molecule has 4 rings (SSSR count).